The van der Waals surface area contributed by atoms with Gasteiger partial charge in [0.25, 0.3) is 0 Å². The van der Waals surface area contributed by atoms with Crippen LogP contribution < -0.4 is 0 Å². The molecule has 1 N–H and O–H groups in total. The Morgan fingerprint density at radius 2 is 1.93 bits per heavy atom. The van der Waals surface area contributed by atoms with E-state index in [1.54, 1.807) is 0 Å². The second-order valence-electron chi connectivity index (χ2n) is 4.78. The predicted octanol–water partition coefficient (Wildman–Crippen LogP) is 3.86. The van der Waals surface area contributed by atoms with Crippen molar-refractivity contribution in [3.05, 3.63) is 37.0 Å². The van der Waals surface area contributed by atoms with Crippen LogP contribution in [0.15, 0.2) is 37.0 Å². The van der Waals surface area contributed by atoms with Gasteiger partial charge in [0.2, 0.25) is 0 Å². The minimum absolute atomic E-state index is 0.107. The van der Waals surface area contributed by atoms with Crippen molar-refractivity contribution in [2.24, 2.45) is 5.41 Å². The fourth-order valence-electron chi connectivity index (χ4n) is 1.36. The lowest BCUT2D eigenvalue weighted by molar-refractivity contribution is 0.327. The van der Waals surface area contributed by atoms with E-state index in [1.807, 2.05) is 6.08 Å². The van der Waals surface area contributed by atoms with Crippen molar-refractivity contribution in [2.45, 2.75) is 39.5 Å². The lowest BCUT2D eigenvalue weighted by Gasteiger charge is -2.20. The molecule has 0 heterocycles. The summed E-state index contributed by atoms with van der Waals surface area (Å²) in [5.41, 5.74) is 1.22. The molecule has 0 atom stereocenters. The van der Waals surface area contributed by atoms with Gasteiger partial charge >= 0.3 is 0 Å². The van der Waals surface area contributed by atoms with Crippen LogP contribution in [0, 0.1) is 5.41 Å². The SMILES string of the molecule is C=CCC(C)(C)C/C=C\CCC(=C)CO. The van der Waals surface area contributed by atoms with Crippen molar-refractivity contribution in [2.75, 3.05) is 6.61 Å². The molecular weight excluding hydrogens is 184 g/mol. The number of aliphatic hydroxyl groups is 1. The van der Waals surface area contributed by atoms with Crippen molar-refractivity contribution in [3.8, 4) is 0 Å². The highest BCUT2D eigenvalue weighted by atomic mass is 16.3. The third-order valence-electron chi connectivity index (χ3n) is 2.42. The van der Waals surface area contributed by atoms with Gasteiger partial charge in [0, 0.05) is 0 Å². The Morgan fingerprint density at radius 3 is 2.47 bits per heavy atom. The van der Waals surface area contributed by atoms with Gasteiger partial charge in [-0.2, -0.15) is 0 Å². The molecule has 0 bridgehead atoms. The number of rotatable bonds is 8. The Kier molecular flexibility index (Phi) is 7.06. The first-order valence-electron chi connectivity index (χ1n) is 5.55. The maximum absolute atomic E-state index is 8.76. The molecule has 0 aliphatic rings. The van der Waals surface area contributed by atoms with E-state index < -0.39 is 0 Å². The van der Waals surface area contributed by atoms with Crippen LogP contribution in [-0.4, -0.2) is 11.7 Å². The zero-order valence-corrected chi connectivity index (χ0v) is 10.1. The molecule has 0 spiro atoms. The van der Waals surface area contributed by atoms with Gasteiger partial charge in [-0.3, -0.25) is 0 Å². The number of hydrogen-bond acceptors (Lipinski definition) is 1. The lowest BCUT2D eigenvalue weighted by atomic mass is 9.85. The minimum atomic E-state index is 0.107. The van der Waals surface area contributed by atoms with Gasteiger partial charge in [0.1, 0.15) is 0 Å². The summed E-state index contributed by atoms with van der Waals surface area (Å²) >= 11 is 0. The maximum atomic E-state index is 8.76. The molecular formula is C14H24O. The van der Waals surface area contributed by atoms with Crippen LogP contribution >= 0.6 is 0 Å². The van der Waals surface area contributed by atoms with Gasteiger partial charge in [-0.25, -0.2) is 0 Å². The summed E-state index contributed by atoms with van der Waals surface area (Å²) in [5.74, 6) is 0. The zero-order chi connectivity index (χ0) is 11.7. The first-order valence-corrected chi connectivity index (χ1v) is 5.55. The van der Waals surface area contributed by atoms with Gasteiger partial charge in [0.15, 0.2) is 0 Å². The molecule has 0 aromatic carbocycles. The van der Waals surface area contributed by atoms with E-state index in [2.05, 4.69) is 39.2 Å². The predicted molar refractivity (Wildman–Crippen MR) is 67.8 cm³/mol. The lowest BCUT2D eigenvalue weighted by Crippen LogP contribution is -2.07. The summed E-state index contributed by atoms with van der Waals surface area (Å²) in [6, 6.07) is 0. The Bertz CT molecular complexity index is 223. The highest BCUT2D eigenvalue weighted by molar-refractivity contribution is 4.97. The van der Waals surface area contributed by atoms with E-state index in [0.717, 1.165) is 31.3 Å². The minimum Gasteiger partial charge on any atom is -0.392 e. The molecule has 0 aromatic heterocycles. The standard InChI is InChI=1S/C14H24O/c1-5-10-14(3,4)11-8-6-7-9-13(2)12-15/h5-6,8,15H,1-2,7,9-12H2,3-4H3/b8-6-. The van der Waals surface area contributed by atoms with Crippen LogP contribution in [0.1, 0.15) is 39.5 Å². The van der Waals surface area contributed by atoms with E-state index >= 15 is 0 Å². The Hall–Kier alpha value is -0.820. The van der Waals surface area contributed by atoms with Gasteiger partial charge in [0.05, 0.1) is 6.61 Å². The van der Waals surface area contributed by atoms with E-state index in [4.69, 9.17) is 5.11 Å². The first-order chi connectivity index (χ1) is 7.02. The Morgan fingerprint density at radius 1 is 1.27 bits per heavy atom. The molecule has 0 saturated heterocycles. The molecule has 0 aliphatic heterocycles. The summed E-state index contributed by atoms with van der Waals surface area (Å²) < 4.78 is 0. The molecule has 86 valence electrons. The molecule has 0 rings (SSSR count). The molecule has 0 amide bonds. The van der Waals surface area contributed by atoms with E-state index in [1.165, 1.54) is 0 Å². The summed E-state index contributed by atoms with van der Waals surface area (Å²) in [4.78, 5) is 0. The van der Waals surface area contributed by atoms with Crippen LogP contribution in [0.4, 0.5) is 0 Å². The number of aliphatic hydroxyl groups excluding tert-OH is 1. The van der Waals surface area contributed by atoms with Crippen LogP contribution in [0.3, 0.4) is 0 Å². The number of hydrogen-bond donors (Lipinski definition) is 1. The molecule has 15 heavy (non-hydrogen) atoms. The monoisotopic (exact) mass is 208 g/mol. The molecule has 0 aromatic rings. The molecule has 0 saturated carbocycles. The fourth-order valence-corrected chi connectivity index (χ4v) is 1.36. The quantitative estimate of drug-likeness (QED) is 0.600. The largest absolute Gasteiger partial charge is 0.392 e. The Balaban J connectivity index is 3.70. The van der Waals surface area contributed by atoms with E-state index in [-0.39, 0.29) is 6.61 Å². The molecule has 0 unspecified atom stereocenters. The van der Waals surface area contributed by atoms with Crippen LogP contribution in [0.5, 0.6) is 0 Å². The highest BCUT2D eigenvalue weighted by Crippen LogP contribution is 2.25. The van der Waals surface area contributed by atoms with Crippen molar-refractivity contribution in [1.82, 2.24) is 0 Å². The summed E-state index contributed by atoms with van der Waals surface area (Å²) in [6.07, 6.45) is 10.3. The fraction of sp³-hybridized carbons (Fsp3) is 0.571. The highest BCUT2D eigenvalue weighted by Gasteiger charge is 2.12. The second-order valence-corrected chi connectivity index (χ2v) is 4.78. The van der Waals surface area contributed by atoms with Gasteiger partial charge in [-0.15, -0.1) is 6.58 Å². The third kappa shape index (κ3) is 8.19. The van der Waals surface area contributed by atoms with Gasteiger partial charge < -0.3 is 5.11 Å². The first kappa shape index (κ1) is 14.2. The molecule has 0 fully saturated rings. The molecule has 1 heteroatoms. The van der Waals surface area contributed by atoms with Gasteiger partial charge in [-0.1, -0.05) is 44.2 Å². The van der Waals surface area contributed by atoms with E-state index in [0.29, 0.717) is 5.41 Å². The third-order valence-corrected chi connectivity index (χ3v) is 2.42. The smallest absolute Gasteiger partial charge is 0.0639 e. The summed E-state index contributed by atoms with van der Waals surface area (Å²) in [5, 5.41) is 8.76. The van der Waals surface area contributed by atoms with Crippen molar-refractivity contribution in [1.29, 1.82) is 0 Å². The summed E-state index contributed by atoms with van der Waals surface area (Å²) in [6.45, 7) is 12.1. The number of allylic oxidation sites excluding steroid dienone is 3. The van der Waals surface area contributed by atoms with Gasteiger partial charge in [-0.05, 0) is 31.1 Å². The second kappa shape index (κ2) is 7.47. The molecule has 0 radical (unpaired) electrons. The topological polar surface area (TPSA) is 20.2 Å². The Labute approximate surface area is 94.2 Å². The normalized spacial score (nSPS) is 11.9. The molecule has 1 nitrogen and oxygen atoms in total. The average Bonchev–Trinajstić information content (AvgIpc) is 2.16. The van der Waals surface area contributed by atoms with Crippen molar-refractivity contribution in [3.63, 3.8) is 0 Å². The average molecular weight is 208 g/mol. The van der Waals surface area contributed by atoms with Crippen LogP contribution in [0.2, 0.25) is 0 Å². The zero-order valence-electron chi connectivity index (χ0n) is 10.1. The van der Waals surface area contributed by atoms with Crippen LogP contribution in [-0.2, 0) is 0 Å². The van der Waals surface area contributed by atoms with Crippen LogP contribution in [0.25, 0.3) is 0 Å². The maximum Gasteiger partial charge on any atom is 0.0639 e. The van der Waals surface area contributed by atoms with E-state index in [9.17, 15) is 0 Å². The summed E-state index contributed by atoms with van der Waals surface area (Å²) in [7, 11) is 0. The molecule has 0 aliphatic carbocycles. The van der Waals surface area contributed by atoms with Crippen molar-refractivity contribution >= 4 is 0 Å². The van der Waals surface area contributed by atoms with Crippen molar-refractivity contribution < 1.29 is 5.11 Å².